The number of anilines is 1. The van der Waals surface area contributed by atoms with Crippen molar-refractivity contribution in [3.8, 4) is 17.2 Å². The van der Waals surface area contributed by atoms with Crippen molar-refractivity contribution in [2.24, 2.45) is 11.8 Å². The maximum Gasteiger partial charge on any atom is 0.226 e. The molecule has 5 rings (SSSR count). The van der Waals surface area contributed by atoms with E-state index in [9.17, 15) is 15.2 Å². The second-order valence-corrected chi connectivity index (χ2v) is 8.53. The van der Waals surface area contributed by atoms with E-state index in [0.29, 0.717) is 5.56 Å². The molecule has 2 aliphatic heterocycles. The lowest BCUT2D eigenvalue weighted by molar-refractivity contribution is -0.134. The number of fused-ring (bicyclic) bond motifs is 3. The van der Waals surface area contributed by atoms with E-state index in [1.807, 2.05) is 31.3 Å². The van der Waals surface area contributed by atoms with E-state index in [2.05, 4.69) is 34.1 Å². The summed E-state index contributed by atoms with van der Waals surface area (Å²) in [7, 11) is 2.04. The van der Waals surface area contributed by atoms with Gasteiger partial charge < -0.3 is 14.9 Å². The summed E-state index contributed by atoms with van der Waals surface area (Å²) in [5.74, 6) is 0.711. The van der Waals surface area contributed by atoms with Crippen LogP contribution in [0, 0.1) is 23.2 Å². The molecular weight excluding hydrogens is 362 g/mol. The van der Waals surface area contributed by atoms with Crippen LogP contribution in [-0.2, 0) is 4.79 Å². The van der Waals surface area contributed by atoms with Crippen LogP contribution in [0.5, 0.6) is 0 Å². The van der Waals surface area contributed by atoms with Crippen LogP contribution in [0.3, 0.4) is 0 Å². The number of likely N-dealkylation sites (tertiary alicyclic amines) is 1. The molecule has 3 aliphatic rings. The Morgan fingerprint density at radius 3 is 2.69 bits per heavy atom. The van der Waals surface area contributed by atoms with Gasteiger partial charge in [-0.15, -0.1) is 0 Å². The first kappa shape index (κ1) is 18.2. The molecule has 1 saturated carbocycles. The lowest BCUT2D eigenvalue weighted by Gasteiger charge is -2.44. The summed E-state index contributed by atoms with van der Waals surface area (Å²) in [6.45, 7) is 0.858. The molecule has 0 aromatic heterocycles. The standard InChI is InChI=1S/C24H25N3O2/c1-26-21-8-7-18(17-4-2-3-15(11-17)13-25)12-20(21)23-19(22(26)14-28)9-10-27(23)24(29)16-5-6-16/h2-4,7-8,11-12,16,19,22-23,28H,5-6,9-10,14H2,1H3/t19-,22+,23-/m1/s1. The number of amides is 1. The van der Waals surface area contributed by atoms with Gasteiger partial charge in [0, 0.05) is 31.1 Å². The first-order valence-electron chi connectivity index (χ1n) is 10.4. The zero-order chi connectivity index (χ0) is 20.1. The molecule has 29 heavy (non-hydrogen) atoms. The van der Waals surface area contributed by atoms with Gasteiger partial charge in [0.2, 0.25) is 5.91 Å². The zero-order valence-corrected chi connectivity index (χ0v) is 16.6. The van der Waals surface area contributed by atoms with Gasteiger partial charge in [0.25, 0.3) is 0 Å². The van der Waals surface area contributed by atoms with Crippen molar-refractivity contribution in [1.29, 1.82) is 5.26 Å². The van der Waals surface area contributed by atoms with E-state index in [4.69, 9.17) is 0 Å². The first-order chi connectivity index (χ1) is 14.1. The van der Waals surface area contributed by atoms with Crippen molar-refractivity contribution in [2.75, 3.05) is 25.1 Å². The molecular formula is C24H25N3O2. The highest BCUT2D eigenvalue weighted by molar-refractivity contribution is 5.83. The quantitative estimate of drug-likeness (QED) is 0.877. The number of nitrogens with zero attached hydrogens (tertiary/aromatic N) is 3. The SMILES string of the molecule is CN1c2ccc(-c3cccc(C#N)c3)cc2[C@H]2[C@H](CCN2C(=O)C2CC2)[C@@H]1CO. The molecule has 1 aliphatic carbocycles. The van der Waals surface area contributed by atoms with E-state index in [1.54, 1.807) is 0 Å². The second kappa shape index (κ2) is 6.89. The summed E-state index contributed by atoms with van der Waals surface area (Å²) in [4.78, 5) is 17.3. The molecule has 1 saturated heterocycles. The van der Waals surface area contributed by atoms with Crippen LogP contribution in [0.2, 0.25) is 0 Å². The van der Waals surface area contributed by atoms with Crippen molar-refractivity contribution in [3.63, 3.8) is 0 Å². The molecule has 2 aromatic carbocycles. The molecule has 5 heteroatoms. The van der Waals surface area contributed by atoms with E-state index in [1.165, 1.54) is 0 Å². The molecule has 2 heterocycles. The van der Waals surface area contributed by atoms with Crippen LogP contribution in [-0.4, -0.2) is 42.2 Å². The van der Waals surface area contributed by atoms with Gasteiger partial charge in [0.05, 0.1) is 30.3 Å². The Kier molecular flexibility index (Phi) is 4.33. The third kappa shape index (κ3) is 2.90. The molecule has 2 fully saturated rings. The molecule has 148 valence electrons. The number of nitriles is 1. The Morgan fingerprint density at radius 1 is 1.17 bits per heavy atom. The highest BCUT2D eigenvalue weighted by atomic mass is 16.3. The Labute approximate surface area is 171 Å². The largest absolute Gasteiger partial charge is 0.394 e. The van der Waals surface area contributed by atoms with Gasteiger partial charge in [-0.3, -0.25) is 4.79 Å². The van der Waals surface area contributed by atoms with E-state index >= 15 is 0 Å². The lowest BCUT2D eigenvalue weighted by Crippen LogP contribution is -2.48. The van der Waals surface area contributed by atoms with Gasteiger partial charge in [-0.1, -0.05) is 18.2 Å². The third-order valence-corrected chi connectivity index (χ3v) is 6.88. The minimum absolute atomic E-state index is 0.0190. The number of carbonyl (C=O) groups excluding carboxylic acids is 1. The number of aliphatic hydroxyl groups excluding tert-OH is 1. The monoisotopic (exact) mass is 387 g/mol. The van der Waals surface area contributed by atoms with Crippen molar-refractivity contribution in [3.05, 3.63) is 53.6 Å². The Bertz CT molecular complexity index is 1010. The summed E-state index contributed by atoms with van der Waals surface area (Å²) in [5, 5.41) is 19.3. The van der Waals surface area contributed by atoms with Gasteiger partial charge in [-0.05, 0) is 60.2 Å². The third-order valence-electron chi connectivity index (χ3n) is 6.88. The van der Waals surface area contributed by atoms with Crippen LogP contribution >= 0.6 is 0 Å². The molecule has 1 N–H and O–H groups in total. The maximum absolute atomic E-state index is 13.0. The summed E-state index contributed by atoms with van der Waals surface area (Å²) in [5.41, 5.74) is 4.95. The van der Waals surface area contributed by atoms with Gasteiger partial charge in [0.15, 0.2) is 0 Å². The molecule has 0 spiro atoms. The topological polar surface area (TPSA) is 67.6 Å². The average Bonchev–Trinajstić information content (AvgIpc) is 3.52. The fourth-order valence-corrected chi connectivity index (χ4v) is 5.21. The molecule has 0 radical (unpaired) electrons. The Balaban J connectivity index is 1.61. The molecule has 3 atom stereocenters. The maximum atomic E-state index is 13.0. The minimum Gasteiger partial charge on any atom is -0.394 e. The fraction of sp³-hybridized carbons (Fsp3) is 0.417. The zero-order valence-electron chi connectivity index (χ0n) is 16.6. The van der Waals surface area contributed by atoms with E-state index < -0.39 is 0 Å². The Morgan fingerprint density at radius 2 is 1.97 bits per heavy atom. The number of hydrogen-bond acceptors (Lipinski definition) is 4. The smallest absolute Gasteiger partial charge is 0.226 e. The molecule has 1 amide bonds. The van der Waals surface area contributed by atoms with Gasteiger partial charge in [-0.25, -0.2) is 0 Å². The number of benzene rings is 2. The number of carbonyl (C=O) groups is 1. The van der Waals surface area contributed by atoms with Crippen LogP contribution < -0.4 is 4.90 Å². The number of rotatable bonds is 3. The average molecular weight is 387 g/mol. The molecule has 0 unspecified atom stereocenters. The Hall–Kier alpha value is -2.84. The van der Waals surface area contributed by atoms with Gasteiger partial charge in [0.1, 0.15) is 0 Å². The number of hydrogen-bond donors (Lipinski definition) is 1. The summed E-state index contributed by atoms with van der Waals surface area (Å²) in [6.07, 6.45) is 2.93. The van der Waals surface area contributed by atoms with Crippen LogP contribution in [0.1, 0.15) is 36.4 Å². The first-order valence-corrected chi connectivity index (χ1v) is 10.4. The van der Waals surface area contributed by atoms with Crippen molar-refractivity contribution in [1.82, 2.24) is 4.90 Å². The van der Waals surface area contributed by atoms with Gasteiger partial charge in [-0.2, -0.15) is 5.26 Å². The van der Waals surface area contributed by atoms with E-state index in [0.717, 1.165) is 48.2 Å². The fourth-order valence-electron chi connectivity index (χ4n) is 5.21. The summed E-state index contributed by atoms with van der Waals surface area (Å²) < 4.78 is 0. The number of aliphatic hydroxyl groups is 1. The van der Waals surface area contributed by atoms with Gasteiger partial charge >= 0.3 is 0 Å². The molecule has 0 bridgehead atoms. The highest BCUT2D eigenvalue weighted by Crippen LogP contribution is 2.50. The second-order valence-electron chi connectivity index (χ2n) is 8.53. The van der Waals surface area contributed by atoms with Crippen LogP contribution in [0.25, 0.3) is 11.1 Å². The summed E-state index contributed by atoms with van der Waals surface area (Å²) >= 11 is 0. The highest BCUT2D eigenvalue weighted by Gasteiger charge is 2.49. The predicted octanol–water partition coefficient (Wildman–Crippen LogP) is 3.34. The van der Waals surface area contributed by atoms with Crippen molar-refractivity contribution >= 4 is 11.6 Å². The lowest BCUT2D eigenvalue weighted by atomic mass is 9.81. The van der Waals surface area contributed by atoms with Crippen molar-refractivity contribution in [2.45, 2.75) is 31.3 Å². The molecule has 2 aromatic rings. The molecule has 5 nitrogen and oxygen atoms in total. The van der Waals surface area contributed by atoms with Crippen LogP contribution in [0.4, 0.5) is 5.69 Å². The predicted molar refractivity (Wildman–Crippen MR) is 111 cm³/mol. The van der Waals surface area contributed by atoms with E-state index in [-0.39, 0.29) is 36.4 Å². The van der Waals surface area contributed by atoms with Crippen molar-refractivity contribution < 1.29 is 9.90 Å². The number of likely N-dealkylation sites (N-methyl/N-ethyl adjacent to an activating group) is 1. The van der Waals surface area contributed by atoms with Crippen LogP contribution in [0.15, 0.2) is 42.5 Å². The summed E-state index contributed by atoms with van der Waals surface area (Å²) in [6, 6.07) is 16.3. The minimum atomic E-state index is 0.0190. The normalized spacial score (nSPS) is 25.3.